The zero-order valence-corrected chi connectivity index (χ0v) is 20.4. The molecule has 170 valence electrons. The first-order chi connectivity index (χ1) is 15.7. The first-order valence-electron chi connectivity index (χ1n) is 10.3. The standard InChI is InChI=1S/C26H26O6P/c1-15-12-16(2)25(17(3)22(15)24(27)18-10-8-7-9-11-18)33(29)26(28)23-20(31-5)13-19(30-4)14-21(23)32-6/h7-14H,1-6H3/q+1. The first kappa shape index (κ1) is 24.1. The van der Waals surface area contributed by atoms with Crippen LogP contribution in [0.2, 0.25) is 0 Å². The van der Waals surface area contributed by atoms with Crippen LogP contribution >= 0.6 is 7.80 Å². The highest BCUT2D eigenvalue weighted by Crippen LogP contribution is 2.41. The Labute approximate surface area is 194 Å². The lowest BCUT2D eigenvalue weighted by Crippen LogP contribution is -2.18. The van der Waals surface area contributed by atoms with Crippen LogP contribution in [0.1, 0.15) is 43.0 Å². The minimum atomic E-state index is -2.58. The van der Waals surface area contributed by atoms with Crippen molar-refractivity contribution < 1.29 is 28.4 Å². The zero-order valence-electron chi connectivity index (χ0n) is 19.5. The molecule has 33 heavy (non-hydrogen) atoms. The molecular formula is C26H26O6P+. The van der Waals surface area contributed by atoms with Crippen LogP contribution in [0, 0.1) is 20.8 Å². The molecule has 3 aromatic carbocycles. The molecule has 0 spiro atoms. The Hall–Kier alpha value is -3.50. The van der Waals surface area contributed by atoms with E-state index in [0.29, 0.717) is 33.3 Å². The number of ketones is 1. The number of rotatable bonds is 8. The third-order valence-corrected chi connectivity index (χ3v) is 7.20. The van der Waals surface area contributed by atoms with Crippen molar-refractivity contribution in [3.8, 4) is 17.2 Å². The normalized spacial score (nSPS) is 11.0. The summed E-state index contributed by atoms with van der Waals surface area (Å²) in [5.41, 5.74) is 2.37. The van der Waals surface area contributed by atoms with Gasteiger partial charge in [0.1, 0.15) is 17.2 Å². The number of hydrogen-bond acceptors (Lipinski definition) is 6. The maximum Gasteiger partial charge on any atom is 0.459 e. The van der Waals surface area contributed by atoms with Gasteiger partial charge in [-0.3, -0.25) is 4.79 Å². The number of ether oxygens (including phenoxy) is 3. The van der Waals surface area contributed by atoms with E-state index in [2.05, 4.69) is 0 Å². The summed E-state index contributed by atoms with van der Waals surface area (Å²) in [6.07, 6.45) is 0. The van der Waals surface area contributed by atoms with Crippen LogP contribution in [0.15, 0.2) is 48.5 Å². The minimum absolute atomic E-state index is 0.0669. The highest BCUT2D eigenvalue weighted by molar-refractivity contribution is 7.71. The Bertz CT molecular complexity index is 1220. The summed E-state index contributed by atoms with van der Waals surface area (Å²) >= 11 is 0. The molecule has 0 radical (unpaired) electrons. The fourth-order valence-electron chi connectivity index (χ4n) is 3.99. The fourth-order valence-corrected chi connectivity index (χ4v) is 5.42. The van der Waals surface area contributed by atoms with Gasteiger partial charge in [0.05, 0.1) is 21.3 Å². The van der Waals surface area contributed by atoms with Gasteiger partial charge in [-0.25, -0.2) is 4.79 Å². The van der Waals surface area contributed by atoms with E-state index in [9.17, 15) is 14.2 Å². The third-order valence-electron chi connectivity index (χ3n) is 5.51. The average Bonchev–Trinajstić information content (AvgIpc) is 2.82. The van der Waals surface area contributed by atoms with Crippen molar-refractivity contribution in [3.05, 3.63) is 81.9 Å². The van der Waals surface area contributed by atoms with Crippen molar-refractivity contribution in [3.63, 3.8) is 0 Å². The lowest BCUT2D eigenvalue weighted by Gasteiger charge is -2.13. The molecule has 3 rings (SSSR count). The zero-order chi connectivity index (χ0) is 24.3. The molecule has 0 saturated carbocycles. The highest BCUT2D eigenvalue weighted by atomic mass is 31.1. The molecular weight excluding hydrogens is 439 g/mol. The molecule has 0 aliphatic carbocycles. The van der Waals surface area contributed by atoms with E-state index in [-0.39, 0.29) is 22.8 Å². The van der Waals surface area contributed by atoms with Crippen LogP contribution in [-0.4, -0.2) is 32.6 Å². The third kappa shape index (κ3) is 4.53. The molecule has 0 amide bonds. The topological polar surface area (TPSA) is 78.9 Å². The Morgan fingerprint density at radius 2 is 1.33 bits per heavy atom. The second-order valence-corrected chi connectivity index (χ2v) is 9.00. The highest BCUT2D eigenvalue weighted by Gasteiger charge is 2.41. The van der Waals surface area contributed by atoms with Crippen molar-refractivity contribution >= 4 is 24.4 Å². The largest absolute Gasteiger partial charge is 0.496 e. The van der Waals surface area contributed by atoms with Gasteiger partial charge in [0, 0.05) is 34.4 Å². The van der Waals surface area contributed by atoms with Crippen molar-refractivity contribution in [2.45, 2.75) is 20.8 Å². The molecule has 0 heterocycles. The molecule has 1 atom stereocenters. The maximum atomic E-state index is 13.6. The van der Waals surface area contributed by atoms with Crippen LogP contribution in [0.25, 0.3) is 0 Å². The summed E-state index contributed by atoms with van der Waals surface area (Å²) in [6.45, 7) is 5.36. The number of hydrogen-bond donors (Lipinski definition) is 0. The van der Waals surface area contributed by atoms with E-state index in [1.807, 2.05) is 13.0 Å². The van der Waals surface area contributed by atoms with Crippen molar-refractivity contribution in [2.24, 2.45) is 0 Å². The van der Waals surface area contributed by atoms with Gasteiger partial charge >= 0.3 is 13.3 Å². The summed E-state index contributed by atoms with van der Waals surface area (Å²) in [4.78, 5) is 26.7. The molecule has 7 heteroatoms. The molecule has 0 saturated heterocycles. The molecule has 0 aliphatic rings. The van der Waals surface area contributed by atoms with Gasteiger partial charge in [-0.05, 0) is 26.3 Å². The number of benzene rings is 3. The summed E-state index contributed by atoms with van der Waals surface area (Å²) in [5, 5.41) is 0.347. The molecule has 3 aromatic rings. The Morgan fingerprint density at radius 1 is 0.758 bits per heavy atom. The molecule has 0 N–H and O–H groups in total. The quantitative estimate of drug-likeness (QED) is 0.338. The number of aryl methyl sites for hydroxylation is 2. The van der Waals surface area contributed by atoms with Gasteiger partial charge in [-0.2, -0.15) is 0 Å². The van der Waals surface area contributed by atoms with E-state index in [1.54, 1.807) is 44.2 Å². The number of methoxy groups -OCH3 is 3. The molecule has 6 nitrogen and oxygen atoms in total. The monoisotopic (exact) mass is 465 g/mol. The first-order valence-corrected chi connectivity index (χ1v) is 11.5. The molecule has 0 bridgehead atoms. The lowest BCUT2D eigenvalue weighted by atomic mass is 9.93. The van der Waals surface area contributed by atoms with Gasteiger partial charge in [0.2, 0.25) is 5.30 Å². The number of carbonyl (C=O) groups excluding carboxylic acids is 2. The van der Waals surface area contributed by atoms with Crippen molar-refractivity contribution in [2.75, 3.05) is 21.3 Å². The predicted molar refractivity (Wildman–Crippen MR) is 128 cm³/mol. The second kappa shape index (κ2) is 9.97. The minimum Gasteiger partial charge on any atom is -0.496 e. The van der Waals surface area contributed by atoms with E-state index >= 15 is 0 Å². The average molecular weight is 465 g/mol. The van der Waals surface area contributed by atoms with Crippen LogP contribution in [0.3, 0.4) is 0 Å². The smallest absolute Gasteiger partial charge is 0.459 e. The summed E-state index contributed by atoms with van der Waals surface area (Å²) in [6, 6.07) is 13.8. The number of carbonyl (C=O) groups is 2. The summed E-state index contributed by atoms with van der Waals surface area (Å²) < 4.78 is 29.6. The maximum absolute atomic E-state index is 13.6. The second-order valence-electron chi connectivity index (χ2n) is 7.56. The van der Waals surface area contributed by atoms with E-state index in [0.717, 1.165) is 5.56 Å². The van der Waals surface area contributed by atoms with Gasteiger partial charge in [0.15, 0.2) is 11.3 Å². The van der Waals surface area contributed by atoms with Gasteiger partial charge in [-0.15, -0.1) is 0 Å². The fraction of sp³-hybridized carbons (Fsp3) is 0.231. The lowest BCUT2D eigenvalue weighted by molar-refractivity contribution is 0.103. The van der Waals surface area contributed by atoms with Gasteiger partial charge in [0.25, 0.3) is 0 Å². The predicted octanol–water partition coefficient (Wildman–Crippen LogP) is 5.16. The SMILES string of the molecule is COc1cc(OC)c(C(=O)[P+](=O)c2c(C)cc(C)c(C(=O)c3ccccc3)c2C)c(OC)c1. The van der Waals surface area contributed by atoms with E-state index in [1.165, 1.54) is 33.5 Å². The Morgan fingerprint density at radius 3 is 1.85 bits per heavy atom. The van der Waals surface area contributed by atoms with Crippen LogP contribution in [0.4, 0.5) is 0 Å². The Balaban J connectivity index is 2.16. The van der Waals surface area contributed by atoms with E-state index in [4.69, 9.17) is 14.2 Å². The molecule has 0 aliphatic heterocycles. The van der Waals surface area contributed by atoms with Crippen molar-refractivity contribution in [1.29, 1.82) is 0 Å². The molecule has 0 fully saturated rings. The van der Waals surface area contributed by atoms with Gasteiger partial charge in [-0.1, -0.05) is 41.0 Å². The van der Waals surface area contributed by atoms with Crippen LogP contribution in [0.5, 0.6) is 17.2 Å². The van der Waals surface area contributed by atoms with Crippen molar-refractivity contribution in [1.82, 2.24) is 0 Å². The molecule has 0 aromatic heterocycles. The Kier molecular flexibility index (Phi) is 7.29. The van der Waals surface area contributed by atoms with Gasteiger partial charge < -0.3 is 14.2 Å². The molecule has 1 unspecified atom stereocenters. The van der Waals surface area contributed by atoms with E-state index < -0.39 is 13.3 Å². The summed E-state index contributed by atoms with van der Waals surface area (Å²) in [7, 11) is 1.74. The van der Waals surface area contributed by atoms with Crippen LogP contribution < -0.4 is 19.5 Å². The summed E-state index contributed by atoms with van der Waals surface area (Å²) in [5.74, 6) is 0.654. The van der Waals surface area contributed by atoms with Crippen LogP contribution in [-0.2, 0) is 4.57 Å².